The second kappa shape index (κ2) is 7.66. The molecule has 0 saturated heterocycles. The van der Waals surface area contributed by atoms with Crippen molar-refractivity contribution in [1.82, 2.24) is 0 Å². The first-order valence-electron chi connectivity index (χ1n) is 7.98. The Balaban J connectivity index is 1.53. The van der Waals surface area contributed by atoms with Crippen molar-refractivity contribution in [2.45, 2.75) is 44.8 Å². The van der Waals surface area contributed by atoms with Gasteiger partial charge in [-0.05, 0) is 49.2 Å². The third-order valence-electron chi connectivity index (χ3n) is 4.00. The summed E-state index contributed by atoms with van der Waals surface area (Å²) in [5.74, 6) is 0.676. The number of anilines is 1. The topological polar surface area (TPSA) is 51.5 Å². The zero-order chi connectivity index (χ0) is 16.1. The Morgan fingerprint density at radius 1 is 1.13 bits per heavy atom. The smallest absolute Gasteiger partial charge is 0.291 e. The lowest BCUT2D eigenvalue weighted by molar-refractivity contribution is 0.00849. The molecule has 122 valence electrons. The minimum absolute atomic E-state index is 0.280. The lowest BCUT2D eigenvalue weighted by Gasteiger charge is -2.21. The second-order valence-electron chi connectivity index (χ2n) is 5.80. The molecule has 1 amide bonds. The van der Waals surface area contributed by atoms with Crippen LogP contribution in [0.2, 0.25) is 5.02 Å². The molecule has 0 unspecified atom stereocenters. The van der Waals surface area contributed by atoms with Crippen molar-refractivity contribution in [3.63, 3.8) is 0 Å². The van der Waals surface area contributed by atoms with Crippen LogP contribution in [0.3, 0.4) is 0 Å². The molecule has 1 aliphatic carbocycles. The number of rotatable bonds is 5. The SMILES string of the molecule is O=C(Nc1ccc(Cl)cc1)c1ccc(COC2CCCCC2)o1. The van der Waals surface area contributed by atoms with Crippen LogP contribution >= 0.6 is 11.6 Å². The van der Waals surface area contributed by atoms with Gasteiger partial charge in [0.1, 0.15) is 12.4 Å². The molecule has 1 aliphatic rings. The molecule has 4 nitrogen and oxygen atoms in total. The lowest BCUT2D eigenvalue weighted by Crippen LogP contribution is -2.16. The largest absolute Gasteiger partial charge is 0.453 e. The third kappa shape index (κ3) is 4.60. The van der Waals surface area contributed by atoms with E-state index in [1.165, 1.54) is 19.3 Å². The van der Waals surface area contributed by atoms with Crippen LogP contribution in [0.5, 0.6) is 0 Å². The van der Waals surface area contributed by atoms with Gasteiger partial charge in [-0.15, -0.1) is 0 Å². The Bertz CT molecular complexity index is 645. The second-order valence-corrected chi connectivity index (χ2v) is 6.23. The first-order chi connectivity index (χ1) is 11.2. The van der Waals surface area contributed by atoms with Gasteiger partial charge in [0, 0.05) is 10.7 Å². The molecule has 1 heterocycles. The van der Waals surface area contributed by atoms with Gasteiger partial charge in [0.15, 0.2) is 5.76 Å². The van der Waals surface area contributed by atoms with Gasteiger partial charge in [0.2, 0.25) is 0 Å². The number of nitrogens with one attached hydrogen (secondary N) is 1. The summed E-state index contributed by atoms with van der Waals surface area (Å²) in [6, 6.07) is 10.4. The molecule has 0 spiro atoms. The van der Waals surface area contributed by atoms with Crippen LogP contribution in [0.15, 0.2) is 40.8 Å². The molecule has 2 aromatic rings. The van der Waals surface area contributed by atoms with E-state index in [4.69, 9.17) is 20.8 Å². The molecular formula is C18H20ClNO3. The highest BCUT2D eigenvalue weighted by Crippen LogP contribution is 2.22. The van der Waals surface area contributed by atoms with Gasteiger partial charge in [-0.25, -0.2) is 0 Å². The van der Waals surface area contributed by atoms with Gasteiger partial charge in [-0.3, -0.25) is 4.79 Å². The first-order valence-corrected chi connectivity index (χ1v) is 8.36. The van der Waals surface area contributed by atoms with Crippen molar-refractivity contribution in [2.75, 3.05) is 5.32 Å². The molecule has 0 aliphatic heterocycles. The third-order valence-corrected chi connectivity index (χ3v) is 4.25. The Kier molecular flexibility index (Phi) is 5.36. The minimum atomic E-state index is -0.281. The fourth-order valence-electron chi connectivity index (χ4n) is 2.74. The van der Waals surface area contributed by atoms with E-state index < -0.39 is 0 Å². The number of ether oxygens (including phenoxy) is 1. The molecular weight excluding hydrogens is 314 g/mol. The standard InChI is InChI=1S/C18H20ClNO3/c19-13-6-8-14(9-7-13)20-18(21)17-11-10-16(23-17)12-22-15-4-2-1-3-5-15/h6-11,15H,1-5,12H2,(H,20,21). The zero-order valence-corrected chi connectivity index (χ0v) is 13.6. The maximum Gasteiger partial charge on any atom is 0.291 e. The fraction of sp³-hybridized carbons (Fsp3) is 0.389. The molecule has 1 saturated carbocycles. The van der Waals surface area contributed by atoms with Gasteiger partial charge < -0.3 is 14.5 Å². The number of benzene rings is 1. The molecule has 3 rings (SSSR count). The Labute approximate surface area is 140 Å². The van der Waals surface area contributed by atoms with Crippen molar-refractivity contribution in [3.05, 3.63) is 52.9 Å². The fourth-order valence-corrected chi connectivity index (χ4v) is 2.86. The van der Waals surface area contributed by atoms with E-state index >= 15 is 0 Å². The molecule has 0 radical (unpaired) electrons. The number of carbonyl (C=O) groups is 1. The van der Waals surface area contributed by atoms with Crippen molar-refractivity contribution >= 4 is 23.2 Å². The quantitative estimate of drug-likeness (QED) is 0.834. The highest BCUT2D eigenvalue weighted by molar-refractivity contribution is 6.30. The van der Waals surface area contributed by atoms with Crippen LogP contribution in [-0.4, -0.2) is 12.0 Å². The van der Waals surface area contributed by atoms with E-state index in [2.05, 4.69) is 5.32 Å². The monoisotopic (exact) mass is 333 g/mol. The Morgan fingerprint density at radius 2 is 1.87 bits per heavy atom. The summed E-state index contributed by atoms with van der Waals surface area (Å²) >= 11 is 5.82. The molecule has 23 heavy (non-hydrogen) atoms. The zero-order valence-electron chi connectivity index (χ0n) is 12.9. The van der Waals surface area contributed by atoms with Crippen molar-refractivity contribution in [2.24, 2.45) is 0 Å². The van der Waals surface area contributed by atoms with Crippen molar-refractivity contribution < 1.29 is 13.9 Å². The summed E-state index contributed by atoms with van der Waals surface area (Å²) in [7, 11) is 0. The van der Waals surface area contributed by atoms with Gasteiger partial charge >= 0.3 is 0 Å². The number of halogens is 1. The number of amides is 1. The summed E-state index contributed by atoms with van der Waals surface area (Å²) in [5, 5.41) is 3.40. The van der Waals surface area contributed by atoms with E-state index in [0.29, 0.717) is 29.2 Å². The average Bonchev–Trinajstić information content (AvgIpc) is 3.05. The van der Waals surface area contributed by atoms with E-state index in [0.717, 1.165) is 12.8 Å². The molecule has 1 aromatic carbocycles. The van der Waals surface area contributed by atoms with Gasteiger partial charge in [-0.2, -0.15) is 0 Å². The molecule has 1 aromatic heterocycles. The summed E-state index contributed by atoms with van der Waals surface area (Å²) in [6.07, 6.45) is 6.32. The molecule has 0 bridgehead atoms. The highest BCUT2D eigenvalue weighted by atomic mass is 35.5. The minimum Gasteiger partial charge on any atom is -0.453 e. The van der Waals surface area contributed by atoms with E-state index in [1.54, 1.807) is 36.4 Å². The average molecular weight is 334 g/mol. The summed E-state index contributed by atoms with van der Waals surface area (Å²) in [5.41, 5.74) is 0.677. The van der Waals surface area contributed by atoms with Gasteiger partial charge in [0.25, 0.3) is 5.91 Å². The van der Waals surface area contributed by atoms with E-state index in [1.807, 2.05) is 0 Å². The number of furan rings is 1. The molecule has 1 fully saturated rings. The maximum absolute atomic E-state index is 12.1. The normalized spacial score (nSPS) is 15.5. The first kappa shape index (κ1) is 16.1. The molecule has 1 N–H and O–H groups in total. The van der Waals surface area contributed by atoms with Crippen LogP contribution in [-0.2, 0) is 11.3 Å². The van der Waals surface area contributed by atoms with Crippen molar-refractivity contribution in [1.29, 1.82) is 0 Å². The number of hydrogen-bond donors (Lipinski definition) is 1. The van der Waals surface area contributed by atoms with Gasteiger partial charge in [0.05, 0.1) is 6.10 Å². The predicted molar refractivity (Wildman–Crippen MR) is 89.8 cm³/mol. The predicted octanol–water partition coefficient (Wildman–Crippen LogP) is 5.03. The van der Waals surface area contributed by atoms with Crippen LogP contribution in [0, 0.1) is 0 Å². The molecule has 5 heteroatoms. The highest BCUT2D eigenvalue weighted by Gasteiger charge is 2.16. The van der Waals surface area contributed by atoms with Crippen LogP contribution < -0.4 is 5.32 Å². The molecule has 0 atom stereocenters. The Morgan fingerprint density at radius 3 is 2.61 bits per heavy atom. The summed E-state index contributed by atoms with van der Waals surface area (Å²) in [6.45, 7) is 0.416. The van der Waals surface area contributed by atoms with Gasteiger partial charge in [-0.1, -0.05) is 30.9 Å². The van der Waals surface area contributed by atoms with Crippen LogP contribution in [0.1, 0.15) is 48.4 Å². The van der Waals surface area contributed by atoms with Crippen LogP contribution in [0.25, 0.3) is 0 Å². The Hall–Kier alpha value is -1.78. The number of hydrogen-bond acceptors (Lipinski definition) is 3. The maximum atomic E-state index is 12.1. The van der Waals surface area contributed by atoms with E-state index in [9.17, 15) is 4.79 Å². The summed E-state index contributed by atoms with van der Waals surface area (Å²) in [4.78, 5) is 12.1. The van der Waals surface area contributed by atoms with Crippen molar-refractivity contribution in [3.8, 4) is 0 Å². The summed E-state index contributed by atoms with van der Waals surface area (Å²) < 4.78 is 11.4. The van der Waals surface area contributed by atoms with E-state index in [-0.39, 0.29) is 11.7 Å². The lowest BCUT2D eigenvalue weighted by atomic mass is 9.98. The van der Waals surface area contributed by atoms with Crippen LogP contribution in [0.4, 0.5) is 5.69 Å². The number of carbonyl (C=O) groups excluding carboxylic acids is 1.